The number of nitrogens with zero attached hydrogens (tertiary/aromatic N) is 2. The molecule has 0 fully saturated rings. The summed E-state index contributed by atoms with van der Waals surface area (Å²) < 4.78 is 4.57. The predicted octanol–water partition coefficient (Wildman–Crippen LogP) is 1.63. The maximum absolute atomic E-state index is 11.2. The van der Waals surface area contributed by atoms with Gasteiger partial charge in [-0.25, -0.2) is 9.95 Å². The first-order valence-corrected chi connectivity index (χ1v) is 5.29. The van der Waals surface area contributed by atoms with Crippen molar-refractivity contribution in [3.8, 4) is 0 Å². The van der Waals surface area contributed by atoms with Crippen LogP contribution in [-0.4, -0.2) is 16.3 Å². The molecule has 0 aliphatic carbocycles. The number of rotatable bonds is 4. The van der Waals surface area contributed by atoms with Gasteiger partial charge in [-0.15, -0.1) is 0 Å². The second-order valence-corrected chi connectivity index (χ2v) is 3.70. The van der Waals surface area contributed by atoms with Crippen LogP contribution in [-0.2, 0) is 0 Å². The maximum Gasteiger partial charge on any atom is 0.366 e. The van der Waals surface area contributed by atoms with E-state index in [1.54, 1.807) is 6.92 Å². The van der Waals surface area contributed by atoms with E-state index < -0.39 is 10.5 Å². The van der Waals surface area contributed by atoms with Gasteiger partial charge in [0.2, 0.25) is 0 Å². The molecular formula is C11H10N4O4. The molecule has 0 saturated heterocycles. The van der Waals surface area contributed by atoms with E-state index in [0.29, 0.717) is 16.9 Å². The van der Waals surface area contributed by atoms with Gasteiger partial charge in [0.25, 0.3) is 5.69 Å². The van der Waals surface area contributed by atoms with Crippen LogP contribution < -0.4 is 11.1 Å². The highest BCUT2D eigenvalue weighted by Gasteiger charge is 2.05. The van der Waals surface area contributed by atoms with E-state index >= 15 is 0 Å². The van der Waals surface area contributed by atoms with Gasteiger partial charge in [-0.05, 0) is 19.1 Å². The molecule has 1 aromatic carbocycles. The van der Waals surface area contributed by atoms with E-state index in [2.05, 4.69) is 20.2 Å². The third-order valence-corrected chi connectivity index (χ3v) is 2.39. The first-order valence-electron chi connectivity index (χ1n) is 5.29. The van der Waals surface area contributed by atoms with Gasteiger partial charge in [-0.1, -0.05) is 0 Å². The monoisotopic (exact) mass is 262 g/mol. The number of H-pyrrole nitrogens is 1. The van der Waals surface area contributed by atoms with Crippen molar-refractivity contribution < 1.29 is 9.45 Å². The van der Waals surface area contributed by atoms with Gasteiger partial charge in [0.05, 0.1) is 22.5 Å². The number of aromatic nitrogens is 1. The van der Waals surface area contributed by atoms with Gasteiger partial charge in [-0.3, -0.25) is 15.5 Å². The van der Waals surface area contributed by atoms with Crippen molar-refractivity contribution in [1.82, 2.24) is 5.16 Å². The molecule has 0 unspecified atom stereocenters. The van der Waals surface area contributed by atoms with Crippen LogP contribution in [0, 0.1) is 17.0 Å². The Bertz CT molecular complexity index is 669. The predicted molar refractivity (Wildman–Crippen MR) is 68.4 cm³/mol. The molecule has 2 aromatic rings. The van der Waals surface area contributed by atoms with Crippen LogP contribution in [0.2, 0.25) is 0 Å². The van der Waals surface area contributed by atoms with Crippen molar-refractivity contribution in [2.45, 2.75) is 6.92 Å². The van der Waals surface area contributed by atoms with Crippen LogP contribution in [0.25, 0.3) is 0 Å². The smallest absolute Gasteiger partial charge is 0.338 e. The third kappa shape index (κ3) is 2.86. The molecule has 0 spiro atoms. The number of nitro benzene ring substituents is 1. The molecule has 19 heavy (non-hydrogen) atoms. The van der Waals surface area contributed by atoms with Crippen molar-refractivity contribution >= 4 is 17.6 Å². The molecule has 8 heteroatoms. The molecule has 1 aromatic heterocycles. The summed E-state index contributed by atoms with van der Waals surface area (Å²) in [4.78, 5) is 21.2. The lowest BCUT2D eigenvalue weighted by atomic mass is 10.3. The minimum Gasteiger partial charge on any atom is -0.338 e. The summed E-state index contributed by atoms with van der Waals surface area (Å²) in [6, 6.07) is 5.74. The van der Waals surface area contributed by atoms with Crippen LogP contribution in [0.1, 0.15) is 11.3 Å². The topological polar surface area (TPSA) is 114 Å². The summed E-state index contributed by atoms with van der Waals surface area (Å²) >= 11 is 0. The fourth-order valence-electron chi connectivity index (χ4n) is 1.36. The first-order chi connectivity index (χ1) is 9.08. The number of aromatic amines is 1. The minimum atomic E-state index is -0.508. The molecule has 0 aliphatic heterocycles. The van der Waals surface area contributed by atoms with Crippen molar-refractivity contribution in [2.75, 3.05) is 5.43 Å². The molecule has 0 amide bonds. The van der Waals surface area contributed by atoms with E-state index in [1.165, 1.54) is 30.5 Å². The van der Waals surface area contributed by atoms with Crippen molar-refractivity contribution in [1.29, 1.82) is 0 Å². The Balaban J connectivity index is 2.07. The number of hydrazone groups is 1. The minimum absolute atomic E-state index is 0.00310. The summed E-state index contributed by atoms with van der Waals surface area (Å²) in [5.41, 5.74) is 3.60. The second kappa shape index (κ2) is 5.17. The zero-order chi connectivity index (χ0) is 13.8. The molecule has 0 bridgehead atoms. The largest absolute Gasteiger partial charge is 0.366 e. The second-order valence-electron chi connectivity index (χ2n) is 3.70. The lowest BCUT2D eigenvalue weighted by molar-refractivity contribution is -0.384. The number of benzene rings is 1. The highest BCUT2D eigenvalue weighted by Crippen LogP contribution is 2.15. The average molecular weight is 262 g/mol. The summed E-state index contributed by atoms with van der Waals surface area (Å²) in [7, 11) is 0. The Morgan fingerprint density at radius 3 is 2.63 bits per heavy atom. The average Bonchev–Trinajstić information content (AvgIpc) is 2.71. The van der Waals surface area contributed by atoms with Crippen LogP contribution in [0.5, 0.6) is 0 Å². The van der Waals surface area contributed by atoms with Crippen molar-refractivity contribution in [2.24, 2.45) is 5.10 Å². The van der Waals surface area contributed by atoms with Crippen molar-refractivity contribution in [3.05, 3.63) is 56.1 Å². The molecule has 2 N–H and O–H groups in total. The number of anilines is 1. The number of hydrogen-bond acceptors (Lipinski definition) is 6. The molecule has 0 saturated carbocycles. The summed E-state index contributed by atoms with van der Waals surface area (Å²) in [5, 5.41) is 16.7. The van der Waals surface area contributed by atoms with E-state index in [0.717, 1.165) is 0 Å². The number of aryl methyl sites for hydroxylation is 1. The Morgan fingerprint density at radius 1 is 1.42 bits per heavy atom. The van der Waals surface area contributed by atoms with Gasteiger partial charge >= 0.3 is 5.63 Å². The zero-order valence-electron chi connectivity index (χ0n) is 9.91. The molecule has 2 rings (SSSR count). The Morgan fingerprint density at radius 2 is 2.11 bits per heavy atom. The zero-order valence-corrected chi connectivity index (χ0v) is 9.91. The van der Waals surface area contributed by atoms with Crippen LogP contribution in [0.3, 0.4) is 0 Å². The number of hydrogen-bond donors (Lipinski definition) is 2. The molecule has 98 valence electrons. The molecule has 0 aliphatic rings. The molecular weight excluding hydrogens is 252 g/mol. The van der Waals surface area contributed by atoms with Gasteiger partial charge in [-0.2, -0.15) is 5.10 Å². The van der Waals surface area contributed by atoms with Gasteiger partial charge in [0.1, 0.15) is 5.56 Å². The first kappa shape index (κ1) is 12.6. The Hall–Kier alpha value is -2.90. The summed E-state index contributed by atoms with van der Waals surface area (Å²) in [5.74, 6) is 0. The van der Waals surface area contributed by atoms with Crippen molar-refractivity contribution in [3.63, 3.8) is 0 Å². The SMILES string of the molecule is Cc1[nH]oc(=O)c1/C=N/Nc1ccc([N+](=O)[O-])cc1. The van der Waals surface area contributed by atoms with E-state index in [-0.39, 0.29) is 5.69 Å². The van der Waals surface area contributed by atoms with Crippen LogP contribution in [0.15, 0.2) is 38.7 Å². The van der Waals surface area contributed by atoms with Crippen LogP contribution >= 0.6 is 0 Å². The Labute approximate surface area is 106 Å². The summed E-state index contributed by atoms with van der Waals surface area (Å²) in [6.45, 7) is 1.68. The quantitative estimate of drug-likeness (QED) is 0.493. The normalized spacial score (nSPS) is 10.8. The van der Waals surface area contributed by atoms with Crippen LogP contribution in [0.4, 0.5) is 11.4 Å². The number of nitrogens with one attached hydrogen (secondary N) is 2. The molecule has 1 heterocycles. The lowest BCUT2D eigenvalue weighted by Crippen LogP contribution is -2.02. The molecule has 8 nitrogen and oxygen atoms in total. The standard InChI is InChI=1S/C11H10N4O4/c1-7-10(11(16)19-14-7)6-12-13-8-2-4-9(5-3-8)15(17)18/h2-6,13-14H,1H3/b12-6+. The highest BCUT2D eigenvalue weighted by atomic mass is 16.6. The fraction of sp³-hybridized carbons (Fsp3) is 0.0909. The van der Waals surface area contributed by atoms with E-state index in [4.69, 9.17) is 0 Å². The van der Waals surface area contributed by atoms with Gasteiger partial charge < -0.3 is 4.52 Å². The van der Waals surface area contributed by atoms with E-state index in [9.17, 15) is 14.9 Å². The number of nitro groups is 1. The Kier molecular flexibility index (Phi) is 3.42. The van der Waals surface area contributed by atoms with Gasteiger partial charge in [0.15, 0.2) is 0 Å². The third-order valence-electron chi connectivity index (χ3n) is 2.39. The summed E-state index contributed by atoms with van der Waals surface area (Å²) in [6.07, 6.45) is 1.32. The maximum atomic E-state index is 11.2. The van der Waals surface area contributed by atoms with Gasteiger partial charge in [0, 0.05) is 12.1 Å². The molecule has 0 radical (unpaired) electrons. The fourth-order valence-corrected chi connectivity index (χ4v) is 1.36. The number of non-ortho nitro benzene ring substituents is 1. The lowest BCUT2D eigenvalue weighted by Gasteiger charge is -1.98. The van der Waals surface area contributed by atoms with E-state index in [1.807, 2.05) is 0 Å². The highest BCUT2D eigenvalue weighted by molar-refractivity contribution is 5.80. The molecule has 0 atom stereocenters.